The van der Waals surface area contributed by atoms with Crippen LogP contribution in [0.15, 0.2) is 12.2 Å². The van der Waals surface area contributed by atoms with Crippen LogP contribution in [0.3, 0.4) is 0 Å². The Morgan fingerprint density at radius 3 is 1.77 bits per heavy atom. The van der Waals surface area contributed by atoms with Crippen molar-refractivity contribution in [3.8, 4) is 0 Å². The average Bonchev–Trinajstić information content (AvgIpc) is 2.52. The molecule has 0 N–H and O–H groups in total. The SMILES string of the molecule is C=C(C)C(=O)OCCC[Si](OCOC)(OCOC)OCOC. The highest BCUT2D eigenvalue weighted by molar-refractivity contribution is 6.60. The standard InChI is InChI=1S/C13H26O8Si/c1-12(2)13(14)18-7-6-8-22(19-9-15-3,20-10-16-4)21-11-17-5/h1,6-11H2,2-5H3. The fourth-order valence-electron chi connectivity index (χ4n) is 1.36. The molecule has 0 rings (SSSR count). The van der Waals surface area contributed by atoms with Gasteiger partial charge in [0, 0.05) is 32.9 Å². The zero-order chi connectivity index (χ0) is 16.8. The van der Waals surface area contributed by atoms with Gasteiger partial charge in [0.2, 0.25) is 0 Å². The van der Waals surface area contributed by atoms with Crippen LogP contribution < -0.4 is 0 Å². The molecule has 22 heavy (non-hydrogen) atoms. The van der Waals surface area contributed by atoms with Crippen LogP contribution in [-0.4, -0.2) is 63.1 Å². The highest BCUT2D eigenvalue weighted by Crippen LogP contribution is 2.18. The van der Waals surface area contributed by atoms with Crippen LogP contribution in [0, 0.1) is 0 Å². The summed E-state index contributed by atoms with van der Waals surface area (Å²) in [5.41, 5.74) is 0.352. The van der Waals surface area contributed by atoms with Crippen molar-refractivity contribution in [2.45, 2.75) is 19.4 Å². The van der Waals surface area contributed by atoms with Gasteiger partial charge in [0.05, 0.1) is 6.61 Å². The lowest BCUT2D eigenvalue weighted by Crippen LogP contribution is -2.47. The molecule has 0 aromatic rings. The first-order valence-corrected chi connectivity index (χ1v) is 8.66. The topological polar surface area (TPSA) is 81.7 Å². The van der Waals surface area contributed by atoms with E-state index in [0.717, 1.165) is 0 Å². The van der Waals surface area contributed by atoms with E-state index in [-0.39, 0.29) is 27.0 Å². The van der Waals surface area contributed by atoms with Crippen LogP contribution in [0.5, 0.6) is 0 Å². The zero-order valence-corrected chi connectivity index (χ0v) is 14.7. The van der Waals surface area contributed by atoms with Crippen LogP contribution >= 0.6 is 0 Å². The van der Waals surface area contributed by atoms with Crippen molar-refractivity contribution in [3.63, 3.8) is 0 Å². The van der Waals surface area contributed by atoms with E-state index in [0.29, 0.717) is 18.0 Å². The second kappa shape index (κ2) is 12.7. The predicted molar refractivity (Wildman–Crippen MR) is 79.8 cm³/mol. The maximum Gasteiger partial charge on any atom is 0.506 e. The summed E-state index contributed by atoms with van der Waals surface area (Å²) >= 11 is 0. The Labute approximate surface area is 132 Å². The molecule has 0 aromatic carbocycles. The van der Waals surface area contributed by atoms with Gasteiger partial charge in [-0.15, -0.1) is 0 Å². The summed E-state index contributed by atoms with van der Waals surface area (Å²) in [5, 5.41) is 0. The molecule has 0 aromatic heterocycles. The molecule has 0 bridgehead atoms. The van der Waals surface area contributed by atoms with Crippen molar-refractivity contribution in [2.24, 2.45) is 0 Å². The van der Waals surface area contributed by atoms with Crippen LogP contribution in [0.4, 0.5) is 0 Å². The molecule has 0 atom stereocenters. The van der Waals surface area contributed by atoms with Gasteiger partial charge in [0.1, 0.15) is 20.4 Å². The molecule has 0 saturated carbocycles. The number of esters is 1. The smallest absolute Gasteiger partial charge is 0.462 e. The number of hydrogen-bond acceptors (Lipinski definition) is 8. The highest BCUT2D eigenvalue weighted by Gasteiger charge is 2.41. The molecule has 0 aliphatic rings. The van der Waals surface area contributed by atoms with Crippen LogP contribution in [-0.2, 0) is 37.0 Å². The molecule has 0 unspecified atom stereocenters. The molecule has 0 heterocycles. The first-order chi connectivity index (χ1) is 10.5. The minimum absolute atomic E-state index is 0.0191. The lowest BCUT2D eigenvalue weighted by atomic mass is 10.4. The average molecular weight is 338 g/mol. The van der Waals surface area contributed by atoms with E-state index in [1.165, 1.54) is 21.3 Å². The molecule has 0 spiro atoms. The Bertz CT molecular complexity index is 301. The quantitative estimate of drug-likeness (QED) is 0.154. The Hall–Kier alpha value is -0.813. The molecular weight excluding hydrogens is 312 g/mol. The van der Waals surface area contributed by atoms with Gasteiger partial charge in [-0.1, -0.05) is 6.58 Å². The van der Waals surface area contributed by atoms with Gasteiger partial charge in [-0.05, 0) is 13.3 Å². The van der Waals surface area contributed by atoms with Crippen LogP contribution in [0.1, 0.15) is 13.3 Å². The van der Waals surface area contributed by atoms with Crippen molar-refractivity contribution in [1.29, 1.82) is 0 Å². The van der Waals surface area contributed by atoms with E-state index in [4.69, 9.17) is 32.2 Å². The molecule has 0 fully saturated rings. The molecule has 0 amide bonds. The van der Waals surface area contributed by atoms with Crippen LogP contribution in [0.25, 0.3) is 0 Å². The van der Waals surface area contributed by atoms with Gasteiger partial charge in [-0.2, -0.15) is 0 Å². The third-order valence-corrected chi connectivity index (χ3v) is 5.04. The first-order valence-electron chi connectivity index (χ1n) is 6.72. The van der Waals surface area contributed by atoms with E-state index in [9.17, 15) is 4.79 Å². The lowest BCUT2D eigenvalue weighted by molar-refractivity contribution is -0.139. The third kappa shape index (κ3) is 9.25. The second-order valence-corrected chi connectivity index (χ2v) is 7.09. The molecule has 130 valence electrons. The Kier molecular flexibility index (Phi) is 12.2. The zero-order valence-electron chi connectivity index (χ0n) is 13.7. The van der Waals surface area contributed by atoms with Crippen LogP contribution in [0.2, 0.25) is 6.04 Å². The summed E-state index contributed by atoms with van der Waals surface area (Å²) in [7, 11) is 1.45. The van der Waals surface area contributed by atoms with Crippen molar-refractivity contribution < 1.29 is 37.0 Å². The number of carbonyl (C=O) groups is 1. The minimum Gasteiger partial charge on any atom is -0.462 e. The van der Waals surface area contributed by atoms with Gasteiger partial charge < -0.3 is 32.2 Å². The number of methoxy groups -OCH3 is 3. The van der Waals surface area contributed by atoms with Gasteiger partial charge in [-0.3, -0.25) is 0 Å². The molecule has 0 radical (unpaired) electrons. The van der Waals surface area contributed by atoms with E-state index in [1.54, 1.807) is 6.92 Å². The van der Waals surface area contributed by atoms with Gasteiger partial charge in [0.15, 0.2) is 0 Å². The number of carbonyl (C=O) groups excluding carboxylic acids is 1. The minimum atomic E-state index is -3.05. The summed E-state index contributed by atoms with van der Waals surface area (Å²) in [6, 6.07) is 0.423. The van der Waals surface area contributed by atoms with E-state index in [1.807, 2.05) is 0 Å². The van der Waals surface area contributed by atoms with Gasteiger partial charge in [-0.25, -0.2) is 4.79 Å². The summed E-state index contributed by atoms with van der Waals surface area (Å²) in [6.45, 7) is 5.37. The van der Waals surface area contributed by atoms with E-state index >= 15 is 0 Å². The Morgan fingerprint density at radius 2 is 1.41 bits per heavy atom. The lowest BCUT2D eigenvalue weighted by Gasteiger charge is -2.28. The summed E-state index contributed by atoms with van der Waals surface area (Å²) in [4.78, 5) is 11.3. The summed E-state index contributed by atoms with van der Waals surface area (Å²) < 4.78 is 36.5. The highest BCUT2D eigenvalue weighted by atomic mass is 28.4. The summed E-state index contributed by atoms with van der Waals surface area (Å²) in [5.74, 6) is -0.430. The van der Waals surface area contributed by atoms with Gasteiger partial charge in [0.25, 0.3) is 0 Å². The first kappa shape index (κ1) is 21.2. The maximum atomic E-state index is 11.3. The van der Waals surface area contributed by atoms with Crippen molar-refractivity contribution in [3.05, 3.63) is 12.2 Å². The van der Waals surface area contributed by atoms with E-state index in [2.05, 4.69) is 6.58 Å². The normalized spacial score (nSPS) is 11.5. The number of rotatable bonds is 14. The van der Waals surface area contributed by atoms with Crippen molar-refractivity contribution in [1.82, 2.24) is 0 Å². The van der Waals surface area contributed by atoms with Crippen molar-refractivity contribution in [2.75, 3.05) is 48.3 Å². The largest absolute Gasteiger partial charge is 0.506 e. The maximum absolute atomic E-state index is 11.3. The molecule has 8 nitrogen and oxygen atoms in total. The number of hydrogen-bond donors (Lipinski definition) is 0. The molecular formula is C13H26O8Si. The summed E-state index contributed by atoms with van der Waals surface area (Å²) in [6.07, 6.45) is 0.502. The monoisotopic (exact) mass is 338 g/mol. The Balaban J connectivity index is 4.50. The Morgan fingerprint density at radius 1 is 0.955 bits per heavy atom. The fourth-order valence-corrected chi connectivity index (χ4v) is 3.52. The fraction of sp³-hybridized carbons (Fsp3) is 0.769. The van der Waals surface area contributed by atoms with E-state index < -0.39 is 14.8 Å². The number of ether oxygens (including phenoxy) is 4. The molecule has 9 heteroatoms. The second-order valence-electron chi connectivity index (χ2n) is 4.36. The van der Waals surface area contributed by atoms with Crippen molar-refractivity contribution >= 4 is 14.8 Å². The molecule has 0 aliphatic carbocycles. The predicted octanol–water partition coefficient (Wildman–Crippen LogP) is 1.30. The molecule has 0 saturated heterocycles. The van der Waals surface area contributed by atoms with Gasteiger partial charge >= 0.3 is 14.8 Å². The molecule has 0 aliphatic heterocycles. The third-order valence-electron chi connectivity index (χ3n) is 2.40.